The Bertz CT molecular complexity index is 1510. The molecule has 1 aromatic rings. The third kappa shape index (κ3) is 11.6. The molecule has 0 spiro atoms. The van der Waals surface area contributed by atoms with Gasteiger partial charge >= 0.3 is 20.1 Å². The molecule has 310 valence electrons. The van der Waals surface area contributed by atoms with Crippen LogP contribution in [-0.4, -0.2) is 81.3 Å². The van der Waals surface area contributed by atoms with Gasteiger partial charge < -0.3 is 28.9 Å². The highest BCUT2D eigenvalue weighted by Crippen LogP contribution is 2.67. The highest BCUT2D eigenvalue weighted by Gasteiger charge is 2.59. The van der Waals surface area contributed by atoms with E-state index in [1.54, 1.807) is 30.3 Å². The second-order valence-corrected chi connectivity index (χ2v) is 20.4. The van der Waals surface area contributed by atoms with Crippen molar-refractivity contribution >= 4 is 20.1 Å². The van der Waals surface area contributed by atoms with Gasteiger partial charge in [0.1, 0.15) is 31.6 Å². The lowest BCUT2D eigenvalue weighted by Gasteiger charge is -2.58. The molecular weight excluding hydrogens is 719 g/mol. The third-order valence-corrected chi connectivity index (χ3v) is 14.6. The number of rotatable bonds is 17. The molecule has 0 heterocycles. The largest absolute Gasteiger partial charge is 0.513 e. The number of benzene rings is 1. The van der Waals surface area contributed by atoms with Crippen LogP contribution in [0.4, 0.5) is 9.59 Å². The molecule has 55 heavy (non-hydrogen) atoms. The van der Waals surface area contributed by atoms with Crippen molar-refractivity contribution in [3.63, 3.8) is 0 Å². The maximum absolute atomic E-state index is 13.3. The maximum Gasteiger partial charge on any atom is 0.513 e. The van der Waals surface area contributed by atoms with E-state index in [-0.39, 0.29) is 24.7 Å². The summed E-state index contributed by atoms with van der Waals surface area (Å²) in [6, 6.07) is 7.43. The zero-order valence-electron chi connectivity index (χ0n) is 34.8. The first kappa shape index (κ1) is 43.7. The molecule has 0 radical (unpaired) electrons. The minimum Gasteiger partial charge on any atom is -0.446 e. The molecule has 1 amide bonds. The average molecular weight is 790 g/mol. The summed E-state index contributed by atoms with van der Waals surface area (Å²) in [5.41, 5.74) is 1.96. The molecule has 0 bridgehead atoms. The van der Waals surface area contributed by atoms with Crippen molar-refractivity contribution in [2.45, 2.75) is 117 Å². The number of carbonyl (C=O) groups excluding carboxylic acids is 2. The first-order valence-electron chi connectivity index (χ1n) is 20.9. The number of para-hydroxylation sites is 1. The second kappa shape index (κ2) is 18.4. The molecule has 3 fully saturated rings. The van der Waals surface area contributed by atoms with Crippen LogP contribution in [0.15, 0.2) is 42.0 Å². The Kier molecular flexibility index (Phi) is 14.6. The van der Waals surface area contributed by atoms with E-state index in [4.69, 9.17) is 23.3 Å². The number of nitrogens with zero attached hydrogens (tertiary/aromatic N) is 1. The molecule has 11 nitrogen and oxygen atoms in total. The molecule has 0 saturated heterocycles. The number of phosphoric acid groups is 1. The van der Waals surface area contributed by atoms with E-state index in [2.05, 4.69) is 46.0 Å². The molecule has 4 aliphatic carbocycles. The van der Waals surface area contributed by atoms with Gasteiger partial charge in [-0.05, 0) is 103 Å². The van der Waals surface area contributed by atoms with Gasteiger partial charge in [0.05, 0.1) is 33.8 Å². The molecule has 10 atom stereocenters. The van der Waals surface area contributed by atoms with Crippen molar-refractivity contribution < 1.29 is 46.8 Å². The normalized spacial score (nSPS) is 31.2. The van der Waals surface area contributed by atoms with Crippen LogP contribution in [0.1, 0.15) is 105 Å². The Balaban J connectivity index is 1.17. The fourth-order valence-electron chi connectivity index (χ4n) is 10.7. The first-order chi connectivity index (χ1) is 25.9. The van der Waals surface area contributed by atoms with Crippen LogP contribution in [-0.2, 0) is 23.1 Å². The van der Waals surface area contributed by atoms with Crippen LogP contribution in [0.3, 0.4) is 0 Å². The summed E-state index contributed by atoms with van der Waals surface area (Å²) in [4.78, 5) is 36.1. The van der Waals surface area contributed by atoms with Crippen LogP contribution in [0.5, 0.6) is 5.75 Å². The fraction of sp³-hybridized carbons (Fsp3) is 0.767. The zero-order valence-corrected chi connectivity index (χ0v) is 35.7. The summed E-state index contributed by atoms with van der Waals surface area (Å²) >= 11 is 0. The van der Waals surface area contributed by atoms with Gasteiger partial charge in [0, 0.05) is 6.42 Å². The number of fused-ring (bicyclic) bond motifs is 5. The number of hydrogen-bond donors (Lipinski definition) is 2. The molecule has 2 N–H and O–H groups in total. The third-order valence-electron chi connectivity index (χ3n) is 13.7. The van der Waals surface area contributed by atoms with Gasteiger partial charge in [-0.3, -0.25) is 9.05 Å². The Morgan fingerprint density at radius 1 is 0.964 bits per heavy atom. The fourth-order valence-corrected chi connectivity index (χ4v) is 11.4. The molecule has 5 unspecified atom stereocenters. The monoisotopic (exact) mass is 789 g/mol. The summed E-state index contributed by atoms with van der Waals surface area (Å²) in [5, 5.41) is 2.69. The van der Waals surface area contributed by atoms with E-state index in [0.717, 1.165) is 48.9 Å². The quantitative estimate of drug-likeness (QED) is 0.0521. The number of carbonyl (C=O) groups is 2. The predicted octanol–water partition coefficient (Wildman–Crippen LogP) is 9.55. The van der Waals surface area contributed by atoms with Crippen LogP contribution < -0.4 is 10.1 Å². The highest BCUT2D eigenvalue weighted by atomic mass is 31.2. The minimum atomic E-state index is -4.46. The highest BCUT2D eigenvalue weighted by molar-refractivity contribution is 7.47. The Labute approximate surface area is 330 Å². The maximum atomic E-state index is 13.3. The van der Waals surface area contributed by atoms with Crippen molar-refractivity contribution in [1.82, 2.24) is 5.32 Å². The molecule has 1 aromatic carbocycles. The van der Waals surface area contributed by atoms with Crippen molar-refractivity contribution in [1.29, 1.82) is 0 Å². The van der Waals surface area contributed by atoms with Gasteiger partial charge in [-0.15, -0.1) is 0 Å². The molecule has 3 saturated carbocycles. The smallest absolute Gasteiger partial charge is 0.446 e. The van der Waals surface area contributed by atoms with E-state index >= 15 is 0 Å². The molecule has 5 rings (SSSR count). The predicted molar refractivity (Wildman–Crippen MR) is 213 cm³/mol. The van der Waals surface area contributed by atoms with E-state index in [0.29, 0.717) is 34.5 Å². The van der Waals surface area contributed by atoms with E-state index in [1.165, 1.54) is 50.5 Å². The van der Waals surface area contributed by atoms with Gasteiger partial charge in [-0.1, -0.05) is 83.7 Å². The lowest BCUT2D eigenvalue weighted by Crippen LogP contribution is -2.51. The van der Waals surface area contributed by atoms with E-state index < -0.39 is 32.7 Å². The zero-order chi connectivity index (χ0) is 40.0. The lowest BCUT2D eigenvalue weighted by atomic mass is 9.47. The van der Waals surface area contributed by atoms with Crippen LogP contribution in [0.2, 0.25) is 0 Å². The van der Waals surface area contributed by atoms with Crippen molar-refractivity contribution in [2.24, 2.45) is 46.3 Å². The standard InChI is InChI=1S/C43H69N2O9P/c1-30(2)13-12-14-31(3)37-19-20-38-36-18-17-32-27-35(21-23-42(32,4)39(36)22-24-43(37,38)5)53-40(46)44-33(28-50-41(47)54-34-15-10-9-11-16-34)29-52-55(48,49)51-26-25-45(6,7)8/h9-11,15-17,30-31,33,35-39H,12-14,18-29H2,1-8H3,(H-,44,46,48,49)/p+1/t31-,33?,35+,36?,37-,38?,39?,42+,43-/m1/s1. The summed E-state index contributed by atoms with van der Waals surface area (Å²) in [6.07, 6.45) is 13.4. The Morgan fingerprint density at radius 2 is 1.71 bits per heavy atom. The van der Waals surface area contributed by atoms with Crippen molar-refractivity contribution in [3.05, 3.63) is 42.0 Å². The number of nitrogens with one attached hydrogen (secondary N) is 1. The van der Waals surface area contributed by atoms with Gasteiger partial charge in [0.25, 0.3) is 0 Å². The van der Waals surface area contributed by atoms with E-state index in [9.17, 15) is 19.0 Å². The number of likely N-dealkylation sites (N-methyl/N-ethyl adjacent to an activating group) is 1. The van der Waals surface area contributed by atoms with Crippen LogP contribution in [0, 0.1) is 46.3 Å². The summed E-state index contributed by atoms with van der Waals surface area (Å²) in [6.45, 7) is 11.9. The minimum absolute atomic E-state index is 0.00631. The van der Waals surface area contributed by atoms with Gasteiger partial charge in [0.2, 0.25) is 0 Å². The number of ether oxygens (including phenoxy) is 3. The first-order valence-corrected chi connectivity index (χ1v) is 22.4. The number of amides is 1. The number of allylic oxidation sites excluding steroid dienone is 1. The molecule has 0 aromatic heterocycles. The van der Waals surface area contributed by atoms with Crippen molar-refractivity contribution in [3.8, 4) is 5.75 Å². The summed E-state index contributed by atoms with van der Waals surface area (Å²) in [7, 11) is 1.35. The van der Waals surface area contributed by atoms with Gasteiger partial charge in [-0.2, -0.15) is 0 Å². The molecular formula is C43H70N2O9P+. The van der Waals surface area contributed by atoms with Gasteiger partial charge in [-0.25, -0.2) is 14.2 Å². The Hall–Kier alpha value is -2.43. The lowest BCUT2D eigenvalue weighted by molar-refractivity contribution is -0.870. The number of phosphoric ester groups is 1. The molecule has 0 aliphatic heterocycles. The molecule has 4 aliphatic rings. The van der Waals surface area contributed by atoms with Crippen molar-refractivity contribution in [2.75, 3.05) is 47.5 Å². The van der Waals surface area contributed by atoms with Gasteiger partial charge in [0.15, 0.2) is 0 Å². The van der Waals surface area contributed by atoms with E-state index in [1.807, 2.05) is 21.1 Å². The number of hydrogen-bond acceptors (Lipinski definition) is 8. The van der Waals surface area contributed by atoms with Crippen LogP contribution >= 0.6 is 7.82 Å². The second-order valence-electron chi connectivity index (χ2n) is 19.0. The van der Waals surface area contributed by atoms with Crippen LogP contribution in [0.25, 0.3) is 0 Å². The number of alkyl carbamates (subject to hydrolysis) is 1. The summed E-state index contributed by atoms with van der Waals surface area (Å²) in [5.74, 6) is 4.83. The Morgan fingerprint density at radius 3 is 2.42 bits per heavy atom. The topological polar surface area (TPSA) is 130 Å². The SMILES string of the molecule is CC(C)CCC[C@@H](C)[C@H]1CCC2C3CC=C4C[C@@H](OC(=O)NC(COC(=O)Oc5ccccc5)COP(=O)(O)OCC[N+](C)(C)C)CC[C@]4(C)C3CC[C@@]21C. The summed E-state index contributed by atoms with van der Waals surface area (Å²) < 4.78 is 40.0. The molecule has 12 heteroatoms. The average Bonchev–Trinajstić information content (AvgIpc) is 3.46. The number of quaternary nitrogens is 1.